The first-order chi connectivity index (χ1) is 29.9. The Morgan fingerprint density at radius 1 is 0.689 bits per heavy atom. The monoisotopic (exact) mass is 853 g/mol. The van der Waals surface area contributed by atoms with Crippen LogP contribution in [0.4, 0.5) is 0 Å². The Bertz CT molecular complexity index is 2310. The number of benzene rings is 4. The van der Waals surface area contributed by atoms with Gasteiger partial charge in [0, 0.05) is 64.6 Å². The molecular weight excluding hydrogens is 799 g/mol. The van der Waals surface area contributed by atoms with Gasteiger partial charge in [-0.05, 0) is 46.2 Å². The fourth-order valence-electron chi connectivity index (χ4n) is 7.54. The van der Waals surface area contributed by atoms with E-state index in [9.17, 15) is 14.4 Å². The second-order valence-electron chi connectivity index (χ2n) is 15.4. The van der Waals surface area contributed by atoms with Gasteiger partial charge in [0.15, 0.2) is 0 Å². The third kappa shape index (κ3) is 12.1. The zero-order chi connectivity index (χ0) is 42.4. The van der Waals surface area contributed by atoms with Crippen LogP contribution in [-0.2, 0) is 33.9 Å². The summed E-state index contributed by atoms with van der Waals surface area (Å²) in [5.74, 6) is -0.133. The third-order valence-corrected chi connectivity index (χ3v) is 12.9. The predicted octanol–water partition coefficient (Wildman–Crippen LogP) is 8.47. The molecule has 1 fully saturated rings. The normalized spacial score (nSPS) is 13.4. The van der Waals surface area contributed by atoms with E-state index in [4.69, 9.17) is 9.97 Å². The predicted molar refractivity (Wildman–Crippen MR) is 247 cm³/mol. The molecule has 12 heteroatoms. The van der Waals surface area contributed by atoms with Crippen LogP contribution in [0.5, 0.6) is 0 Å². The summed E-state index contributed by atoms with van der Waals surface area (Å²) in [6.45, 7) is 10.7. The number of thiazole rings is 2. The molecule has 0 saturated carbocycles. The Balaban J connectivity index is 0.965. The highest BCUT2D eigenvalue weighted by Crippen LogP contribution is 2.32. The van der Waals surface area contributed by atoms with Crippen molar-refractivity contribution in [2.45, 2.75) is 58.7 Å². The average Bonchev–Trinajstić information content (AvgIpc) is 3.98. The zero-order valence-corrected chi connectivity index (χ0v) is 36.7. The number of rotatable bonds is 19. The second kappa shape index (κ2) is 21.8. The number of carbonyl (C=O) groups is 3. The summed E-state index contributed by atoms with van der Waals surface area (Å²) in [4.78, 5) is 58.2. The molecule has 1 aliphatic rings. The van der Waals surface area contributed by atoms with Gasteiger partial charge in [0.25, 0.3) is 0 Å². The number of nitrogens with one attached hydrogen (secondary N) is 2. The van der Waals surface area contributed by atoms with Crippen molar-refractivity contribution in [2.75, 3.05) is 45.8 Å². The molecule has 61 heavy (non-hydrogen) atoms. The van der Waals surface area contributed by atoms with Crippen molar-refractivity contribution in [2.24, 2.45) is 0 Å². The molecule has 0 aliphatic carbocycles. The summed E-state index contributed by atoms with van der Waals surface area (Å²) < 4.78 is 0. The minimum absolute atomic E-state index is 0.120. The van der Waals surface area contributed by atoms with E-state index >= 15 is 0 Å². The van der Waals surface area contributed by atoms with Gasteiger partial charge in [0.1, 0.15) is 16.1 Å². The lowest BCUT2D eigenvalue weighted by molar-refractivity contribution is -0.137. The van der Waals surface area contributed by atoms with Crippen molar-refractivity contribution in [3.63, 3.8) is 0 Å². The zero-order valence-electron chi connectivity index (χ0n) is 35.1. The van der Waals surface area contributed by atoms with Gasteiger partial charge in [-0.1, -0.05) is 123 Å². The van der Waals surface area contributed by atoms with E-state index in [0.29, 0.717) is 45.6 Å². The average molecular weight is 854 g/mol. The van der Waals surface area contributed by atoms with E-state index in [1.54, 1.807) is 22.7 Å². The minimum Gasteiger partial charge on any atom is -0.340 e. The quantitative estimate of drug-likeness (QED) is 0.0842. The Labute approximate surface area is 367 Å². The van der Waals surface area contributed by atoms with Crippen LogP contribution in [0.1, 0.15) is 60.3 Å². The molecule has 10 nitrogen and oxygen atoms in total. The number of aromatic nitrogens is 2. The highest BCUT2D eigenvalue weighted by molar-refractivity contribution is 7.15. The van der Waals surface area contributed by atoms with Crippen molar-refractivity contribution in [1.82, 2.24) is 35.3 Å². The van der Waals surface area contributed by atoms with Crippen molar-refractivity contribution in [3.8, 4) is 32.0 Å². The van der Waals surface area contributed by atoms with Gasteiger partial charge in [-0.2, -0.15) is 0 Å². The largest absolute Gasteiger partial charge is 0.340 e. The van der Waals surface area contributed by atoms with Crippen LogP contribution in [0.25, 0.3) is 32.0 Å². The Kier molecular flexibility index (Phi) is 15.6. The van der Waals surface area contributed by atoms with Crippen LogP contribution in [0.2, 0.25) is 0 Å². The van der Waals surface area contributed by atoms with Gasteiger partial charge in [-0.3, -0.25) is 14.4 Å². The van der Waals surface area contributed by atoms with E-state index in [0.717, 1.165) is 92.2 Å². The summed E-state index contributed by atoms with van der Waals surface area (Å²) >= 11 is 3.22. The molecule has 0 spiro atoms. The number of piperazine rings is 1. The van der Waals surface area contributed by atoms with Crippen LogP contribution in [0.3, 0.4) is 0 Å². The van der Waals surface area contributed by atoms with Crippen LogP contribution in [0, 0.1) is 0 Å². The molecule has 0 radical (unpaired) electrons. The summed E-state index contributed by atoms with van der Waals surface area (Å²) in [6.07, 6.45) is 6.21. The molecule has 0 bridgehead atoms. The van der Waals surface area contributed by atoms with Gasteiger partial charge in [-0.25, -0.2) is 9.97 Å². The highest BCUT2D eigenvalue weighted by atomic mass is 32.1. The lowest BCUT2D eigenvalue weighted by atomic mass is 10.0. The maximum absolute atomic E-state index is 14.2. The molecule has 1 saturated heterocycles. The van der Waals surface area contributed by atoms with E-state index < -0.39 is 6.04 Å². The summed E-state index contributed by atoms with van der Waals surface area (Å²) in [5.41, 5.74) is 6.18. The van der Waals surface area contributed by atoms with Crippen LogP contribution in [0.15, 0.2) is 122 Å². The lowest BCUT2D eigenvalue weighted by Gasteiger charge is -2.29. The molecule has 2 aromatic heterocycles. The van der Waals surface area contributed by atoms with E-state index in [1.807, 2.05) is 82.9 Å². The standard InChI is InChI=1S/C49H55N7O3S2/c1-3-26-55(47(58)31-36-11-7-5-8-12-36)34-45-51-32-42(60-45)39-19-15-37(16-20-39)38-17-21-40(22-18-38)43-33-52-46(61-43)35-56(27-4-2)49(59)48(41-13-9-6-10-14-41)53-44(57)23-28-54-29-24-50-25-30-54/h5-22,32-33,48,50H,3-4,23-31,34-35H2,1-2H3,(H,53,57). The van der Waals surface area contributed by atoms with E-state index in [-0.39, 0.29) is 17.7 Å². The number of hydrogen-bond donors (Lipinski definition) is 2. The fourth-order valence-corrected chi connectivity index (χ4v) is 9.42. The molecule has 3 heterocycles. The smallest absolute Gasteiger partial charge is 0.250 e. The Morgan fingerprint density at radius 3 is 1.75 bits per heavy atom. The van der Waals surface area contributed by atoms with E-state index in [1.165, 1.54) is 0 Å². The fraction of sp³-hybridized carbons (Fsp3) is 0.327. The highest BCUT2D eigenvalue weighted by Gasteiger charge is 2.28. The maximum Gasteiger partial charge on any atom is 0.250 e. The summed E-state index contributed by atoms with van der Waals surface area (Å²) in [6, 6.07) is 35.7. The van der Waals surface area contributed by atoms with Gasteiger partial charge >= 0.3 is 0 Å². The molecular formula is C49H55N7O3S2. The van der Waals surface area contributed by atoms with Gasteiger partial charge in [0.05, 0.1) is 29.3 Å². The lowest BCUT2D eigenvalue weighted by Crippen LogP contribution is -2.46. The molecule has 316 valence electrons. The van der Waals surface area contributed by atoms with Gasteiger partial charge in [-0.15, -0.1) is 22.7 Å². The number of hydrogen-bond acceptors (Lipinski definition) is 9. The maximum atomic E-state index is 14.2. The number of amides is 3. The van der Waals surface area contributed by atoms with Gasteiger partial charge < -0.3 is 25.3 Å². The third-order valence-electron chi connectivity index (χ3n) is 10.8. The van der Waals surface area contributed by atoms with Crippen molar-refractivity contribution >= 4 is 40.4 Å². The molecule has 1 atom stereocenters. The van der Waals surface area contributed by atoms with Crippen molar-refractivity contribution in [1.29, 1.82) is 0 Å². The second-order valence-corrected chi connectivity index (χ2v) is 17.6. The SMILES string of the molecule is CCCN(Cc1ncc(-c2ccc(-c3ccc(-c4cnc(CN(CCC)C(=O)C(NC(=O)CCN5CCNCC5)c5ccccc5)s4)cc3)cc2)s1)C(=O)Cc1ccccc1. The van der Waals surface area contributed by atoms with Crippen LogP contribution >= 0.6 is 22.7 Å². The van der Waals surface area contributed by atoms with Crippen LogP contribution in [-0.4, -0.2) is 88.2 Å². The number of carbonyl (C=O) groups excluding carboxylic acids is 3. The molecule has 1 aliphatic heterocycles. The Morgan fingerprint density at radius 2 is 1.20 bits per heavy atom. The molecule has 2 N–H and O–H groups in total. The summed E-state index contributed by atoms with van der Waals surface area (Å²) in [7, 11) is 0. The minimum atomic E-state index is -0.771. The molecule has 7 rings (SSSR count). The Hall–Kier alpha value is -5.53. The van der Waals surface area contributed by atoms with Crippen LogP contribution < -0.4 is 10.6 Å². The van der Waals surface area contributed by atoms with Crippen molar-refractivity contribution < 1.29 is 14.4 Å². The molecule has 6 aromatic rings. The molecule has 3 amide bonds. The topological polar surface area (TPSA) is 111 Å². The molecule has 4 aromatic carbocycles. The first kappa shape index (κ1) is 43.6. The first-order valence-corrected chi connectivity index (χ1v) is 23.0. The number of nitrogens with zero attached hydrogens (tertiary/aromatic N) is 5. The molecule has 1 unspecified atom stereocenters. The van der Waals surface area contributed by atoms with Crippen molar-refractivity contribution in [3.05, 3.63) is 143 Å². The summed E-state index contributed by atoms with van der Waals surface area (Å²) in [5, 5.41) is 8.19. The van der Waals surface area contributed by atoms with E-state index in [2.05, 4.69) is 77.9 Å². The van der Waals surface area contributed by atoms with Gasteiger partial charge in [0.2, 0.25) is 17.7 Å². The first-order valence-electron chi connectivity index (χ1n) is 21.3.